The van der Waals surface area contributed by atoms with Crippen LogP contribution in [0.4, 0.5) is 8.78 Å². The zero-order valence-electron chi connectivity index (χ0n) is 17.7. The van der Waals surface area contributed by atoms with Crippen molar-refractivity contribution in [2.24, 2.45) is 17.3 Å². The molecule has 3 rings (SSSR count). The number of carboxylic acids is 1. The number of rotatable bonds is 6. The lowest BCUT2D eigenvalue weighted by molar-refractivity contribution is -0.145. The van der Waals surface area contributed by atoms with Crippen LogP contribution < -0.4 is 4.74 Å². The Balaban J connectivity index is 1.82. The van der Waals surface area contributed by atoms with Gasteiger partial charge in [0.15, 0.2) is 11.6 Å². The van der Waals surface area contributed by atoms with Crippen molar-refractivity contribution in [1.29, 1.82) is 0 Å². The Labute approximate surface area is 179 Å². The van der Waals surface area contributed by atoms with Gasteiger partial charge in [0.1, 0.15) is 10.8 Å². The SMILES string of the molecule is CCOc1c(F)cc(F)cc1-c1ncc(CN2C[C@H](C(=O)O)C[C@@H](C(C)(C)C)C2)s1. The number of nitrogens with zero attached hydrogens (tertiary/aromatic N) is 2. The predicted molar refractivity (Wildman–Crippen MR) is 113 cm³/mol. The smallest absolute Gasteiger partial charge is 0.307 e. The molecule has 0 saturated carbocycles. The average Bonchev–Trinajstić information content (AvgIpc) is 3.11. The second-order valence-electron chi connectivity index (χ2n) is 8.86. The highest BCUT2D eigenvalue weighted by atomic mass is 32.1. The van der Waals surface area contributed by atoms with Crippen LogP contribution in [0, 0.1) is 28.9 Å². The largest absolute Gasteiger partial charge is 0.490 e. The van der Waals surface area contributed by atoms with Crippen LogP contribution in [0.1, 0.15) is 39.0 Å². The van der Waals surface area contributed by atoms with E-state index in [9.17, 15) is 18.7 Å². The highest BCUT2D eigenvalue weighted by molar-refractivity contribution is 7.15. The maximum atomic E-state index is 14.2. The molecule has 0 bridgehead atoms. The normalized spacial score (nSPS) is 20.3. The maximum Gasteiger partial charge on any atom is 0.307 e. The lowest BCUT2D eigenvalue weighted by Crippen LogP contribution is -2.46. The van der Waals surface area contributed by atoms with E-state index in [4.69, 9.17) is 4.74 Å². The third-order valence-corrected chi connectivity index (χ3v) is 6.58. The van der Waals surface area contributed by atoms with Crippen LogP contribution in [0.25, 0.3) is 10.6 Å². The zero-order chi connectivity index (χ0) is 22.1. The number of ether oxygens (including phenoxy) is 1. The van der Waals surface area contributed by atoms with Crippen molar-refractivity contribution >= 4 is 17.3 Å². The fourth-order valence-corrected chi connectivity index (χ4v) is 4.83. The van der Waals surface area contributed by atoms with Gasteiger partial charge in [0.05, 0.1) is 18.1 Å². The van der Waals surface area contributed by atoms with Gasteiger partial charge in [-0.25, -0.2) is 13.8 Å². The number of hydrogen-bond acceptors (Lipinski definition) is 5. The summed E-state index contributed by atoms with van der Waals surface area (Å²) < 4.78 is 33.4. The number of aliphatic carboxylic acids is 1. The van der Waals surface area contributed by atoms with E-state index in [0.29, 0.717) is 30.1 Å². The predicted octanol–water partition coefficient (Wildman–Crippen LogP) is 5.06. The van der Waals surface area contributed by atoms with E-state index >= 15 is 0 Å². The maximum absolute atomic E-state index is 14.2. The molecule has 8 heteroatoms. The van der Waals surface area contributed by atoms with Gasteiger partial charge in [-0.15, -0.1) is 11.3 Å². The van der Waals surface area contributed by atoms with Gasteiger partial charge >= 0.3 is 5.97 Å². The minimum atomic E-state index is -0.768. The summed E-state index contributed by atoms with van der Waals surface area (Å²) in [7, 11) is 0. The quantitative estimate of drug-likeness (QED) is 0.683. The van der Waals surface area contributed by atoms with Gasteiger partial charge in [-0.2, -0.15) is 0 Å². The van der Waals surface area contributed by atoms with Gasteiger partial charge < -0.3 is 9.84 Å². The van der Waals surface area contributed by atoms with Crippen LogP contribution >= 0.6 is 11.3 Å². The molecular formula is C22H28F2N2O3S. The first kappa shape index (κ1) is 22.6. The van der Waals surface area contributed by atoms with Crippen LogP contribution in [0.2, 0.25) is 0 Å². The second-order valence-corrected chi connectivity index (χ2v) is 9.97. The fraction of sp³-hybridized carbons (Fsp3) is 0.545. The summed E-state index contributed by atoms with van der Waals surface area (Å²) >= 11 is 1.34. The highest BCUT2D eigenvalue weighted by Gasteiger charge is 2.37. The van der Waals surface area contributed by atoms with Crippen molar-refractivity contribution in [3.63, 3.8) is 0 Å². The second kappa shape index (κ2) is 8.98. The van der Waals surface area contributed by atoms with E-state index in [2.05, 4.69) is 30.7 Å². The highest BCUT2D eigenvalue weighted by Crippen LogP contribution is 2.38. The van der Waals surface area contributed by atoms with E-state index in [1.54, 1.807) is 13.1 Å². The Morgan fingerprint density at radius 1 is 1.33 bits per heavy atom. The van der Waals surface area contributed by atoms with E-state index in [1.165, 1.54) is 17.4 Å². The lowest BCUT2D eigenvalue weighted by atomic mass is 9.73. The van der Waals surface area contributed by atoms with Crippen LogP contribution in [-0.2, 0) is 11.3 Å². The molecule has 1 N–H and O–H groups in total. The first-order valence-electron chi connectivity index (χ1n) is 10.1. The molecule has 0 amide bonds. The molecule has 1 aliphatic heterocycles. The molecule has 5 nitrogen and oxygen atoms in total. The number of halogens is 2. The molecule has 1 aliphatic rings. The summed E-state index contributed by atoms with van der Waals surface area (Å²) in [6.45, 7) is 10.2. The molecular weight excluding hydrogens is 410 g/mol. The van der Waals surface area contributed by atoms with E-state index in [1.807, 2.05) is 0 Å². The minimum Gasteiger partial charge on any atom is -0.490 e. The summed E-state index contributed by atoms with van der Waals surface area (Å²) in [6, 6.07) is 2.03. The summed E-state index contributed by atoms with van der Waals surface area (Å²) in [5, 5.41) is 10.0. The van der Waals surface area contributed by atoms with Crippen LogP contribution in [0.3, 0.4) is 0 Å². The van der Waals surface area contributed by atoms with E-state index in [0.717, 1.165) is 17.5 Å². The van der Waals surface area contributed by atoms with E-state index in [-0.39, 0.29) is 23.7 Å². The lowest BCUT2D eigenvalue weighted by Gasteiger charge is -2.42. The molecule has 2 heterocycles. The zero-order valence-corrected chi connectivity index (χ0v) is 18.6. The Morgan fingerprint density at radius 3 is 2.70 bits per heavy atom. The van der Waals surface area contributed by atoms with Crippen molar-refractivity contribution in [2.75, 3.05) is 19.7 Å². The molecule has 0 spiro atoms. The molecule has 1 saturated heterocycles. The summed E-state index contributed by atoms with van der Waals surface area (Å²) in [4.78, 5) is 19.1. The minimum absolute atomic E-state index is 0.00323. The molecule has 0 unspecified atom stereocenters. The fourth-order valence-electron chi connectivity index (χ4n) is 3.86. The average molecular weight is 439 g/mol. The Bertz CT molecular complexity index is 910. The number of likely N-dealkylation sites (tertiary alicyclic amines) is 1. The Morgan fingerprint density at radius 2 is 2.07 bits per heavy atom. The molecule has 2 atom stereocenters. The van der Waals surface area contributed by atoms with Gasteiger partial charge in [-0.05, 0) is 30.7 Å². The van der Waals surface area contributed by atoms with Gasteiger partial charge in [-0.3, -0.25) is 9.69 Å². The van der Waals surface area contributed by atoms with Crippen molar-refractivity contribution in [3.05, 3.63) is 34.8 Å². The monoisotopic (exact) mass is 438 g/mol. The first-order chi connectivity index (χ1) is 14.1. The molecule has 2 aromatic rings. The third kappa shape index (κ3) is 5.16. The summed E-state index contributed by atoms with van der Waals surface area (Å²) in [5.74, 6) is -2.35. The third-order valence-electron chi connectivity index (χ3n) is 5.56. The van der Waals surface area contributed by atoms with Gasteiger partial charge in [-0.1, -0.05) is 20.8 Å². The van der Waals surface area contributed by atoms with Crippen molar-refractivity contribution in [1.82, 2.24) is 9.88 Å². The number of carboxylic acid groups (broad SMARTS) is 1. The number of thiazole rings is 1. The van der Waals surface area contributed by atoms with Crippen LogP contribution in [-0.4, -0.2) is 40.7 Å². The van der Waals surface area contributed by atoms with Gasteiger partial charge in [0.2, 0.25) is 0 Å². The first-order valence-corrected chi connectivity index (χ1v) is 10.9. The van der Waals surface area contributed by atoms with Crippen molar-refractivity contribution in [2.45, 2.75) is 40.7 Å². The number of hydrogen-bond donors (Lipinski definition) is 1. The summed E-state index contributed by atoms with van der Waals surface area (Å²) in [5.41, 5.74) is 0.303. The van der Waals surface area contributed by atoms with Crippen LogP contribution in [0.5, 0.6) is 5.75 Å². The van der Waals surface area contributed by atoms with Crippen molar-refractivity contribution in [3.8, 4) is 16.3 Å². The molecule has 0 aliphatic carbocycles. The molecule has 1 aromatic heterocycles. The molecule has 0 radical (unpaired) electrons. The number of piperidine rings is 1. The van der Waals surface area contributed by atoms with Gasteiger partial charge in [0.25, 0.3) is 0 Å². The molecule has 164 valence electrons. The molecule has 30 heavy (non-hydrogen) atoms. The number of carbonyl (C=O) groups is 1. The Hall–Kier alpha value is -2.06. The van der Waals surface area contributed by atoms with E-state index < -0.39 is 23.5 Å². The van der Waals surface area contributed by atoms with Crippen LogP contribution in [0.15, 0.2) is 18.3 Å². The number of aromatic nitrogens is 1. The molecule has 1 aromatic carbocycles. The van der Waals surface area contributed by atoms with Crippen molar-refractivity contribution < 1.29 is 23.4 Å². The standard InChI is InChI=1S/C22H28F2N2O3S/c1-5-29-19-17(7-15(23)8-18(19)24)20-25-9-16(30-20)12-26-10-13(21(27)28)6-14(11-26)22(2,3)4/h7-9,13-14H,5-6,10-12H2,1-4H3,(H,27,28)/t13-,14-/m1/s1. The topological polar surface area (TPSA) is 62.7 Å². The Kier molecular flexibility index (Phi) is 6.77. The molecule has 1 fully saturated rings. The number of benzene rings is 1. The summed E-state index contributed by atoms with van der Waals surface area (Å²) in [6.07, 6.45) is 2.36. The van der Waals surface area contributed by atoms with Gasteiger partial charge in [0, 0.05) is 36.8 Å².